The molecule has 1 heterocycles. The highest BCUT2D eigenvalue weighted by molar-refractivity contribution is 6.04. The first-order valence-electron chi connectivity index (χ1n) is 9.86. The van der Waals surface area contributed by atoms with Gasteiger partial charge in [0.1, 0.15) is 5.56 Å². The van der Waals surface area contributed by atoms with Crippen LogP contribution in [0.2, 0.25) is 0 Å². The third-order valence-corrected chi connectivity index (χ3v) is 4.87. The van der Waals surface area contributed by atoms with Crippen LogP contribution in [0.25, 0.3) is 22.0 Å². The molecule has 0 aliphatic rings. The fourth-order valence-corrected chi connectivity index (χ4v) is 3.28. The Morgan fingerprint density at radius 3 is 2.35 bits per heavy atom. The van der Waals surface area contributed by atoms with E-state index in [-0.39, 0.29) is 12.2 Å². The van der Waals surface area contributed by atoms with Gasteiger partial charge in [-0.1, -0.05) is 36.4 Å². The SMILES string of the molecule is CCOC(=O)c1ccc(NC(=O)c2ccc(-c3ccc4ccccc4c3)[nH]c2=O)cc1. The Bertz CT molecular complexity index is 1320. The van der Waals surface area contributed by atoms with Gasteiger partial charge in [0.05, 0.1) is 12.2 Å². The summed E-state index contributed by atoms with van der Waals surface area (Å²) in [5, 5.41) is 4.84. The Balaban J connectivity index is 1.52. The molecule has 0 fully saturated rings. The summed E-state index contributed by atoms with van der Waals surface area (Å²) in [5.74, 6) is -0.962. The number of nitrogens with one attached hydrogen (secondary N) is 2. The maximum Gasteiger partial charge on any atom is 0.338 e. The lowest BCUT2D eigenvalue weighted by molar-refractivity contribution is 0.0526. The maximum absolute atomic E-state index is 12.6. The van der Waals surface area contributed by atoms with Gasteiger partial charge in [0.15, 0.2) is 0 Å². The van der Waals surface area contributed by atoms with Gasteiger partial charge < -0.3 is 15.0 Å². The lowest BCUT2D eigenvalue weighted by atomic mass is 10.0. The topological polar surface area (TPSA) is 88.3 Å². The third-order valence-electron chi connectivity index (χ3n) is 4.87. The van der Waals surface area contributed by atoms with Crippen LogP contribution in [-0.2, 0) is 4.74 Å². The predicted molar refractivity (Wildman–Crippen MR) is 120 cm³/mol. The monoisotopic (exact) mass is 412 g/mol. The normalized spacial score (nSPS) is 10.6. The minimum absolute atomic E-state index is 0.000918. The second-order valence-corrected chi connectivity index (χ2v) is 6.93. The second-order valence-electron chi connectivity index (χ2n) is 6.93. The largest absolute Gasteiger partial charge is 0.462 e. The van der Waals surface area contributed by atoms with E-state index in [2.05, 4.69) is 10.3 Å². The zero-order valence-corrected chi connectivity index (χ0v) is 16.8. The van der Waals surface area contributed by atoms with Gasteiger partial charge in [-0.05, 0) is 65.7 Å². The van der Waals surface area contributed by atoms with E-state index >= 15 is 0 Å². The van der Waals surface area contributed by atoms with Gasteiger partial charge >= 0.3 is 5.97 Å². The number of carbonyl (C=O) groups excluding carboxylic acids is 2. The molecule has 6 heteroatoms. The Labute approximate surface area is 178 Å². The molecule has 0 spiro atoms. The van der Waals surface area contributed by atoms with Crippen molar-refractivity contribution in [2.45, 2.75) is 6.92 Å². The third kappa shape index (κ3) is 4.38. The molecule has 0 radical (unpaired) electrons. The van der Waals surface area contributed by atoms with Crippen molar-refractivity contribution in [3.63, 3.8) is 0 Å². The van der Waals surface area contributed by atoms with Gasteiger partial charge in [-0.25, -0.2) is 4.79 Å². The Morgan fingerprint density at radius 1 is 0.903 bits per heavy atom. The molecule has 0 aliphatic carbocycles. The van der Waals surface area contributed by atoms with E-state index < -0.39 is 17.4 Å². The number of pyridine rings is 1. The molecular weight excluding hydrogens is 392 g/mol. The van der Waals surface area contributed by atoms with Crippen molar-refractivity contribution in [1.82, 2.24) is 4.98 Å². The Hall–Kier alpha value is -4.19. The summed E-state index contributed by atoms with van der Waals surface area (Å²) in [6, 6.07) is 23.4. The summed E-state index contributed by atoms with van der Waals surface area (Å²) < 4.78 is 4.93. The number of hydrogen-bond acceptors (Lipinski definition) is 4. The molecule has 4 aromatic rings. The summed E-state index contributed by atoms with van der Waals surface area (Å²) >= 11 is 0. The molecule has 0 bridgehead atoms. The van der Waals surface area contributed by atoms with Gasteiger partial charge in [0.2, 0.25) is 0 Å². The minimum Gasteiger partial charge on any atom is -0.462 e. The molecule has 0 atom stereocenters. The van der Waals surface area contributed by atoms with Gasteiger partial charge in [-0.3, -0.25) is 9.59 Å². The first kappa shape index (κ1) is 20.1. The number of rotatable bonds is 5. The van der Waals surface area contributed by atoms with E-state index in [0.29, 0.717) is 16.9 Å². The van der Waals surface area contributed by atoms with Crippen molar-refractivity contribution in [2.75, 3.05) is 11.9 Å². The highest BCUT2D eigenvalue weighted by Crippen LogP contribution is 2.22. The van der Waals surface area contributed by atoms with E-state index in [0.717, 1.165) is 16.3 Å². The van der Waals surface area contributed by atoms with E-state index in [9.17, 15) is 14.4 Å². The fraction of sp³-hybridized carbons (Fsp3) is 0.0800. The van der Waals surface area contributed by atoms with E-state index in [1.54, 1.807) is 37.3 Å². The highest BCUT2D eigenvalue weighted by Gasteiger charge is 2.13. The number of carbonyl (C=O) groups is 2. The van der Waals surface area contributed by atoms with Crippen molar-refractivity contribution in [2.24, 2.45) is 0 Å². The van der Waals surface area contributed by atoms with E-state index in [1.807, 2.05) is 42.5 Å². The lowest BCUT2D eigenvalue weighted by Crippen LogP contribution is -2.23. The zero-order valence-electron chi connectivity index (χ0n) is 16.8. The van der Waals surface area contributed by atoms with Crippen LogP contribution in [0, 0.1) is 0 Å². The molecule has 154 valence electrons. The first-order chi connectivity index (χ1) is 15.0. The summed E-state index contributed by atoms with van der Waals surface area (Å²) in [4.78, 5) is 39.6. The summed E-state index contributed by atoms with van der Waals surface area (Å²) in [6.45, 7) is 2.02. The Morgan fingerprint density at radius 2 is 1.65 bits per heavy atom. The molecule has 0 saturated carbocycles. The van der Waals surface area contributed by atoms with E-state index in [4.69, 9.17) is 4.74 Å². The zero-order chi connectivity index (χ0) is 21.8. The van der Waals surface area contributed by atoms with Crippen LogP contribution >= 0.6 is 0 Å². The molecule has 0 aliphatic heterocycles. The van der Waals surface area contributed by atoms with Crippen LogP contribution < -0.4 is 10.9 Å². The summed E-state index contributed by atoms with van der Waals surface area (Å²) in [5.41, 5.74) is 1.86. The number of aromatic amines is 1. The standard InChI is InChI=1S/C25H20N2O4/c1-2-31-25(30)17-9-11-20(12-10-17)26-23(28)21-13-14-22(27-24(21)29)19-8-7-16-5-3-4-6-18(16)15-19/h3-15H,2H2,1H3,(H,26,28)(H,27,29). The maximum atomic E-state index is 12.6. The highest BCUT2D eigenvalue weighted by atomic mass is 16.5. The average Bonchev–Trinajstić information content (AvgIpc) is 2.79. The number of H-pyrrole nitrogens is 1. The van der Waals surface area contributed by atoms with Crippen LogP contribution in [0.15, 0.2) is 83.7 Å². The number of anilines is 1. The van der Waals surface area contributed by atoms with Crippen LogP contribution in [-0.4, -0.2) is 23.5 Å². The first-order valence-corrected chi connectivity index (χ1v) is 9.86. The fourth-order valence-electron chi connectivity index (χ4n) is 3.28. The van der Waals surface area contributed by atoms with Crippen molar-refractivity contribution in [3.05, 3.63) is 100 Å². The Kier molecular flexibility index (Phi) is 5.62. The molecule has 3 aromatic carbocycles. The summed E-state index contributed by atoms with van der Waals surface area (Å²) in [6.07, 6.45) is 0. The van der Waals surface area contributed by atoms with Crippen molar-refractivity contribution >= 4 is 28.3 Å². The molecule has 0 saturated heterocycles. The van der Waals surface area contributed by atoms with Crippen molar-refractivity contribution in [3.8, 4) is 11.3 Å². The summed E-state index contributed by atoms with van der Waals surface area (Å²) in [7, 11) is 0. The van der Waals surface area contributed by atoms with Crippen LogP contribution in [0.5, 0.6) is 0 Å². The van der Waals surface area contributed by atoms with Crippen molar-refractivity contribution in [1.29, 1.82) is 0 Å². The van der Waals surface area contributed by atoms with Gasteiger partial charge in [0, 0.05) is 11.4 Å². The number of fused-ring (bicyclic) bond motifs is 1. The minimum atomic E-state index is -0.532. The molecule has 4 rings (SSSR count). The smallest absolute Gasteiger partial charge is 0.338 e. The van der Waals surface area contributed by atoms with Crippen LogP contribution in [0.4, 0.5) is 5.69 Å². The quantitative estimate of drug-likeness (QED) is 0.468. The van der Waals surface area contributed by atoms with Crippen molar-refractivity contribution < 1.29 is 14.3 Å². The molecular formula is C25H20N2O4. The number of esters is 1. The van der Waals surface area contributed by atoms with Crippen LogP contribution in [0.3, 0.4) is 0 Å². The number of hydrogen-bond donors (Lipinski definition) is 2. The number of benzene rings is 3. The van der Waals surface area contributed by atoms with Gasteiger partial charge in [-0.15, -0.1) is 0 Å². The lowest BCUT2D eigenvalue weighted by Gasteiger charge is -2.08. The molecule has 0 unspecified atom stereocenters. The molecule has 2 N–H and O–H groups in total. The molecule has 1 amide bonds. The molecule has 31 heavy (non-hydrogen) atoms. The molecule has 6 nitrogen and oxygen atoms in total. The number of ether oxygens (including phenoxy) is 1. The van der Waals surface area contributed by atoms with Gasteiger partial charge in [-0.2, -0.15) is 0 Å². The van der Waals surface area contributed by atoms with Gasteiger partial charge in [0.25, 0.3) is 11.5 Å². The predicted octanol–water partition coefficient (Wildman–Crippen LogP) is 4.62. The van der Waals surface area contributed by atoms with E-state index in [1.165, 1.54) is 6.07 Å². The second kappa shape index (κ2) is 8.67. The average molecular weight is 412 g/mol. The molecule has 1 aromatic heterocycles. The number of amides is 1. The van der Waals surface area contributed by atoms with Crippen LogP contribution in [0.1, 0.15) is 27.6 Å². The number of aromatic nitrogens is 1.